The Morgan fingerprint density at radius 3 is 2.32 bits per heavy atom. The van der Waals surface area contributed by atoms with Crippen LogP contribution >= 0.6 is 23.2 Å². The molecule has 1 fully saturated rings. The summed E-state index contributed by atoms with van der Waals surface area (Å²) >= 11 is 12.1. The molecule has 150 valence electrons. The summed E-state index contributed by atoms with van der Waals surface area (Å²) in [6.07, 6.45) is 3.74. The molecule has 0 atom stereocenters. The lowest BCUT2D eigenvalue weighted by molar-refractivity contribution is 0.102. The molecule has 0 aliphatic carbocycles. The third-order valence-corrected chi connectivity index (χ3v) is 7.28. The number of rotatable bonds is 4. The van der Waals surface area contributed by atoms with Crippen LogP contribution in [0.2, 0.25) is 10.0 Å². The van der Waals surface area contributed by atoms with E-state index in [0.717, 1.165) is 31.2 Å². The molecule has 0 saturated carbocycles. The minimum Gasteiger partial charge on any atom is -0.322 e. The molecule has 0 unspecified atom stereocenters. The lowest BCUT2D eigenvalue weighted by atomic mass is 10.1. The van der Waals surface area contributed by atoms with Gasteiger partial charge in [-0.2, -0.15) is 4.31 Å². The number of amides is 1. The number of aryl methyl sites for hydroxylation is 1. The quantitative estimate of drug-likeness (QED) is 0.716. The van der Waals surface area contributed by atoms with Gasteiger partial charge >= 0.3 is 0 Å². The third-order valence-electron chi connectivity index (χ3n) is 4.82. The molecule has 1 saturated heterocycles. The number of benzene rings is 2. The summed E-state index contributed by atoms with van der Waals surface area (Å²) in [7, 11) is -3.67. The molecule has 3 rings (SSSR count). The van der Waals surface area contributed by atoms with Gasteiger partial charge in [0, 0.05) is 23.8 Å². The van der Waals surface area contributed by atoms with E-state index in [0.29, 0.717) is 23.8 Å². The minimum absolute atomic E-state index is 0.0804. The molecule has 1 amide bonds. The Balaban J connectivity index is 1.89. The topological polar surface area (TPSA) is 66.5 Å². The van der Waals surface area contributed by atoms with Gasteiger partial charge in [-0.1, -0.05) is 36.0 Å². The van der Waals surface area contributed by atoms with Crippen molar-refractivity contribution < 1.29 is 13.2 Å². The third kappa shape index (κ3) is 4.69. The molecule has 1 N–H and O–H groups in total. The molecule has 28 heavy (non-hydrogen) atoms. The summed E-state index contributed by atoms with van der Waals surface area (Å²) in [4.78, 5) is 12.8. The van der Waals surface area contributed by atoms with Crippen LogP contribution in [-0.2, 0) is 10.0 Å². The molecule has 0 spiro atoms. The van der Waals surface area contributed by atoms with Gasteiger partial charge in [-0.15, -0.1) is 0 Å². The van der Waals surface area contributed by atoms with E-state index in [1.54, 1.807) is 18.2 Å². The Morgan fingerprint density at radius 1 is 1.00 bits per heavy atom. The van der Waals surface area contributed by atoms with Crippen LogP contribution in [0.3, 0.4) is 0 Å². The summed E-state index contributed by atoms with van der Waals surface area (Å²) in [6, 6.07) is 9.36. The zero-order valence-corrected chi connectivity index (χ0v) is 17.9. The number of nitrogens with zero attached hydrogens (tertiary/aromatic N) is 1. The standard InChI is InChI=1S/C20H22Cl2N2O3S/c1-14-12-15(21)6-9-19(14)23-20(25)17-13-16(7-8-18(17)22)28(26,27)24-10-4-2-3-5-11-24/h6-9,12-13H,2-5,10-11H2,1H3,(H,23,25). The molecule has 1 aliphatic heterocycles. The lowest BCUT2D eigenvalue weighted by Crippen LogP contribution is -2.32. The predicted octanol–water partition coefficient (Wildman–Crippen LogP) is 5.12. The number of carbonyl (C=O) groups excluding carboxylic acids is 1. The van der Waals surface area contributed by atoms with E-state index in [-0.39, 0.29) is 15.5 Å². The second-order valence-corrected chi connectivity index (χ2v) is 9.65. The smallest absolute Gasteiger partial charge is 0.257 e. The summed E-state index contributed by atoms with van der Waals surface area (Å²) in [6.45, 7) is 2.82. The first-order chi connectivity index (χ1) is 13.3. The number of hydrogen-bond acceptors (Lipinski definition) is 3. The van der Waals surface area contributed by atoms with Gasteiger partial charge in [0.15, 0.2) is 0 Å². The van der Waals surface area contributed by atoms with Crippen LogP contribution in [0.15, 0.2) is 41.3 Å². The van der Waals surface area contributed by atoms with E-state index in [2.05, 4.69) is 5.32 Å². The van der Waals surface area contributed by atoms with Gasteiger partial charge < -0.3 is 5.32 Å². The maximum atomic E-state index is 13.0. The summed E-state index contributed by atoms with van der Waals surface area (Å²) in [5.74, 6) is -0.469. The summed E-state index contributed by atoms with van der Waals surface area (Å²) in [5, 5.41) is 3.53. The molecular weight excluding hydrogens is 419 g/mol. The molecule has 0 radical (unpaired) electrons. The number of carbonyl (C=O) groups is 1. The number of sulfonamides is 1. The number of anilines is 1. The van der Waals surface area contributed by atoms with Gasteiger partial charge in [0.1, 0.15) is 0 Å². The van der Waals surface area contributed by atoms with Crippen molar-refractivity contribution >= 4 is 44.8 Å². The van der Waals surface area contributed by atoms with Gasteiger partial charge in [0.25, 0.3) is 5.91 Å². The number of nitrogens with one attached hydrogen (secondary N) is 1. The minimum atomic E-state index is -3.67. The van der Waals surface area contributed by atoms with Crippen LogP contribution in [0, 0.1) is 6.92 Å². The molecular formula is C20H22Cl2N2O3S. The Morgan fingerprint density at radius 2 is 1.68 bits per heavy atom. The second kappa shape index (κ2) is 8.82. The number of hydrogen-bond donors (Lipinski definition) is 1. The molecule has 0 bridgehead atoms. The van der Waals surface area contributed by atoms with Crippen molar-refractivity contribution in [3.05, 3.63) is 57.6 Å². The highest BCUT2D eigenvalue weighted by atomic mass is 35.5. The van der Waals surface area contributed by atoms with Crippen molar-refractivity contribution in [1.82, 2.24) is 4.31 Å². The molecule has 0 aromatic heterocycles. The van der Waals surface area contributed by atoms with Crippen LogP contribution in [-0.4, -0.2) is 31.7 Å². The largest absolute Gasteiger partial charge is 0.322 e. The van der Waals surface area contributed by atoms with E-state index in [4.69, 9.17) is 23.2 Å². The molecule has 1 aliphatic rings. The van der Waals surface area contributed by atoms with Crippen molar-refractivity contribution in [3.8, 4) is 0 Å². The van der Waals surface area contributed by atoms with Crippen LogP contribution in [0.5, 0.6) is 0 Å². The van der Waals surface area contributed by atoms with Gasteiger partial charge in [-0.05, 0) is 61.7 Å². The van der Waals surface area contributed by atoms with E-state index >= 15 is 0 Å². The maximum Gasteiger partial charge on any atom is 0.257 e. The fourth-order valence-corrected chi connectivity index (χ4v) is 5.20. The van der Waals surface area contributed by atoms with Gasteiger partial charge in [0.05, 0.1) is 15.5 Å². The molecule has 2 aromatic carbocycles. The predicted molar refractivity (Wildman–Crippen MR) is 113 cm³/mol. The van der Waals surface area contributed by atoms with Crippen molar-refractivity contribution in [2.24, 2.45) is 0 Å². The Bertz CT molecular complexity index is 985. The van der Waals surface area contributed by atoms with E-state index in [9.17, 15) is 13.2 Å². The SMILES string of the molecule is Cc1cc(Cl)ccc1NC(=O)c1cc(S(=O)(=O)N2CCCCCC2)ccc1Cl. The monoisotopic (exact) mass is 440 g/mol. The fourth-order valence-electron chi connectivity index (χ4n) is 3.23. The van der Waals surface area contributed by atoms with Gasteiger partial charge in [-0.3, -0.25) is 4.79 Å². The Hall–Kier alpha value is -1.60. The molecule has 5 nitrogen and oxygen atoms in total. The zero-order chi connectivity index (χ0) is 20.3. The first kappa shape index (κ1) is 21.1. The van der Waals surface area contributed by atoms with Crippen molar-refractivity contribution in [2.75, 3.05) is 18.4 Å². The van der Waals surface area contributed by atoms with Crippen LogP contribution in [0.4, 0.5) is 5.69 Å². The van der Waals surface area contributed by atoms with Crippen LogP contribution < -0.4 is 5.32 Å². The van der Waals surface area contributed by atoms with E-state index in [1.165, 1.54) is 22.5 Å². The fraction of sp³-hybridized carbons (Fsp3) is 0.350. The first-order valence-electron chi connectivity index (χ1n) is 9.16. The first-order valence-corrected chi connectivity index (χ1v) is 11.4. The highest BCUT2D eigenvalue weighted by Gasteiger charge is 2.26. The van der Waals surface area contributed by atoms with Crippen molar-refractivity contribution in [1.29, 1.82) is 0 Å². The molecule has 8 heteroatoms. The average Bonchev–Trinajstić information content (AvgIpc) is 2.94. The summed E-state index contributed by atoms with van der Waals surface area (Å²) < 4.78 is 27.5. The van der Waals surface area contributed by atoms with Crippen molar-refractivity contribution in [3.63, 3.8) is 0 Å². The van der Waals surface area contributed by atoms with Crippen LogP contribution in [0.25, 0.3) is 0 Å². The van der Waals surface area contributed by atoms with Crippen LogP contribution in [0.1, 0.15) is 41.6 Å². The second-order valence-electron chi connectivity index (χ2n) is 6.87. The average molecular weight is 441 g/mol. The molecule has 1 heterocycles. The highest BCUT2D eigenvalue weighted by Crippen LogP contribution is 2.26. The van der Waals surface area contributed by atoms with Crippen molar-refractivity contribution in [2.45, 2.75) is 37.5 Å². The van der Waals surface area contributed by atoms with Gasteiger partial charge in [0.2, 0.25) is 10.0 Å². The van der Waals surface area contributed by atoms with Gasteiger partial charge in [-0.25, -0.2) is 8.42 Å². The maximum absolute atomic E-state index is 13.0. The summed E-state index contributed by atoms with van der Waals surface area (Å²) in [5.41, 5.74) is 1.50. The Kier molecular flexibility index (Phi) is 6.65. The van der Waals surface area contributed by atoms with E-state index in [1.807, 2.05) is 6.92 Å². The highest BCUT2D eigenvalue weighted by molar-refractivity contribution is 7.89. The Labute approximate surface area is 175 Å². The lowest BCUT2D eigenvalue weighted by Gasteiger charge is -2.20. The normalized spacial score (nSPS) is 15.8. The zero-order valence-electron chi connectivity index (χ0n) is 15.5. The number of halogens is 2. The van der Waals surface area contributed by atoms with E-state index < -0.39 is 15.9 Å². The molecule has 2 aromatic rings.